The lowest BCUT2D eigenvalue weighted by molar-refractivity contribution is 0.0699. The van der Waals surface area contributed by atoms with E-state index in [4.69, 9.17) is 0 Å². The molecule has 25 heavy (non-hydrogen) atoms. The molecular weight excluding hydrogens is 330 g/mol. The first-order valence-corrected chi connectivity index (χ1v) is 9.54. The molecule has 3 heterocycles. The summed E-state index contributed by atoms with van der Waals surface area (Å²) < 4.78 is 2.35. The monoisotopic (exact) mass is 351 g/mol. The van der Waals surface area contributed by atoms with Crippen LogP contribution in [0, 0.1) is 6.92 Å². The largest absolute Gasteiger partial charge is 0.338 e. The normalized spacial score (nSPS) is 15.5. The molecule has 0 bridgehead atoms. The number of thiophene rings is 1. The van der Waals surface area contributed by atoms with Crippen LogP contribution in [0.1, 0.15) is 34.2 Å². The first-order valence-electron chi connectivity index (χ1n) is 8.66. The van der Waals surface area contributed by atoms with E-state index < -0.39 is 0 Å². The number of aryl methyl sites for hydroxylation is 1. The van der Waals surface area contributed by atoms with Gasteiger partial charge in [0.15, 0.2) is 0 Å². The van der Waals surface area contributed by atoms with Gasteiger partial charge >= 0.3 is 0 Å². The van der Waals surface area contributed by atoms with E-state index in [1.807, 2.05) is 46.8 Å². The second kappa shape index (κ2) is 6.84. The lowest BCUT2D eigenvalue weighted by Gasteiger charge is -2.33. The molecule has 0 saturated carbocycles. The summed E-state index contributed by atoms with van der Waals surface area (Å²) in [5, 5.41) is 1.96. The Morgan fingerprint density at radius 1 is 1.12 bits per heavy atom. The molecule has 1 fully saturated rings. The minimum Gasteiger partial charge on any atom is -0.338 e. The summed E-state index contributed by atoms with van der Waals surface area (Å²) in [6.07, 6.45) is 3.88. The zero-order valence-electron chi connectivity index (χ0n) is 14.3. The summed E-state index contributed by atoms with van der Waals surface area (Å²) in [5.41, 5.74) is 2.33. The number of amides is 1. The molecule has 0 radical (unpaired) electrons. The van der Waals surface area contributed by atoms with Crippen molar-refractivity contribution in [1.29, 1.82) is 0 Å². The van der Waals surface area contributed by atoms with Crippen LogP contribution in [0.4, 0.5) is 0 Å². The number of nitrogens with zero attached hydrogens (tertiary/aromatic N) is 3. The van der Waals surface area contributed by atoms with Crippen molar-refractivity contribution in [2.45, 2.75) is 25.8 Å². The minimum absolute atomic E-state index is 0.166. The van der Waals surface area contributed by atoms with Gasteiger partial charge in [-0.25, -0.2) is 4.98 Å². The molecule has 4 rings (SSSR count). The van der Waals surface area contributed by atoms with Crippen LogP contribution in [0.25, 0.3) is 11.4 Å². The van der Waals surface area contributed by atoms with Gasteiger partial charge < -0.3 is 9.47 Å². The number of aromatic nitrogens is 2. The van der Waals surface area contributed by atoms with E-state index in [-0.39, 0.29) is 5.91 Å². The standard InChI is InChI=1S/C20H21N3OS/c1-15-14-21-19(16-6-3-2-4-7-16)23(15)17-9-11-22(12-10-17)20(24)18-8-5-13-25-18/h2-8,13-14,17H,9-12H2,1H3. The molecule has 1 amide bonds. The predicted octanol–water partition coefficient (Wildman–Crippen LogP) is 4.40. The molecule has 1 aliphatic rings. The molecular formula is C20H21N3OS. The van der Waals surface area contributed by atoms with Crippen molar-refractivity contribution in [3.8, 4) is 11.4 Å². The van der Waals surface area contributed by atoms with Crippen LogP contribution >= 0.6 is 11.3 Å². The van der Waals surface area contributed by atoms with Gasteiger partial charge in [0.2, 0.25) is 0 Å². The van der Waals surface area contributed by atoms with E-state index in [1.54, 1.807) is 0 Å². The Balaban J connectivity index is 1.52. The molecule has 4 nitrogen and oxygen atoms in total. The van der Waals surface area contributed by atoms with E-state index in [0.29, 0.717) is 6.04 Å². The van der Waals surface area contributed by atoms with Crippen LogP contribution in [0.3, 0.4) is 0 Å². The van der Waals surface area contributed by atoms with Gasteiger partial charge in [-0.1, -0.05) is 36.4 Å². The Kier molecular flexibility index (Phi) is 4.40. The summed E-state index contributed by atoms with van der Waals surface area (Å²) >= 11 is 1.52. The number of piperidine rings is 1. The number of likely N-dealkylation sites (tertiary alicyclic amines) is 1. The van der Waals surface area contributed by atoms with E-state index in [0.717, 1.165) is 42.2 Å². The van der Waals surface area contributed by atoms with E-state index in [1.165, 1.54) is 17.0 Å². The molecule has 3 aromatic rings. The van der Waals surface area contributed by atoms with Gasteiger partial charge in [0.1, 0.15) is 5.82 Å². The highest BCUT2D eigenvalue weighted by molar-refractivity contribution is 7.12. The summed E-state index contributed by atoms with van der Waals surface area (Å²) in [5.74, 6) is 1.19. The van der Waals surface area contributed by atoms with Gasteiger partial charge in [0, 0.05) is 36.6 Å². The number of rotatable bonds is 3. The Hall–Kier alpha value is -2.40. The summed E-state index contributed by atoms with van der Waals surface area (Å²) in [6, 6.07) is 14.6. The highest BCUT2D eigenvalue weighted by atomic mass is 32.1. The van der Waals surface area contributed by atoms with Crippen LogP contribution in [0.2, 0.25) is 0 Å². The van der Waals surface area contributed by atoms with Crippen molar-refractivity contribution in [2.75, 3.05) is 13.1 Å². The van der Waals surface area contributed by atoms with Crippen molar-refractivity contribution in [3.05, 3.63) is 64.6 Å². The summed E-state index contributed by atoms with van der Waals surface area (Å²) in [4.78, 5) is 20.0. The van der Waals surface area contributed by atoms with Gasteiger partial charge in [-0.2, -0.15) is 0 Å². The van der Waals surface area contributed by atoms with Crippen LogP contribution in [-0.4, -0.2) is 33.4 Å². The second-order valence-corrected chi connectivity index (χ2v) is 7.41. The number of hydrogen-bond acceptors (Lipinski definition) is 3. The molecule has 1 saturated heterocycles. The predicted molar refractivity (Wildman–Crippen MR) is 101 cm³/mol. The van der Waals surface area contributed by atoms with Crippen molar-refractivity contribution in [1.82, 2.24) is 14.5 Å². The smallest absolute Gasteiger partial charge is 0.263 e. The number of imidazole rings is 1. The molecule has 128 valence electrons. The van der Waals surface area contributed by atoms with Crippen molar-refractivity contribution < 1.29 is 4.79 Å². The van der Waals surface area contributed by atoms with Crippen LogP contribution in [0.15, 0.2) is 54.0 Å². The maximum atomic E-state index is 12.5. The second-order valence-electron chi connectivity index (χ2n) is 6.46. The zero-order chi connectivity index (χ0) is 17.2. The number of hydrogen-bond donors (Lipinski definition) is 0. The summed E-state index contributed by atoms with van der Waals surface area (Å²) in [6.45, 7) is 3.71. The molecule has 1 aliphatic heterocycles. The Morgan fingerprint density at radius 3 is 2.56 bits per heavy atom. The molecule has 0 aliphatic carbocycles. The van der Waals surface area contributed by atoms with E-state index in [2.05, 4.69) is 28.6 Å². The Bertz CT molecular complexity index is 846. The summed E-state index contributed by atoms with van der Waals surface area (Å²) in [7, 11) is 0. The third kappa shape index (κ3) is 3.12. The molecule has 2 aromatic heterocycles. The zero-order valence-corrected chi connectivity index (χ0v) is 15.1. The topological polar surface area (TPSA) is 38.1 Å². The third-order valence-electron chi connectivity index (χ3n) is 4.86. The fourth-order valence-electron chi connectivity index (χ4n) is 3.59. The number of carbonyl (C=O) groups excluding carboxylic acids is 1. The first kappa shape index (κ1) is 16.1. The van der Waals surface area contributed by atoms with Gasteiger partial charge in [-0.05, 0) is 31.2 Å². The Morgan fingerprint density at radius 2 is 1.88 bits per heavy atom. The minimum atomic E-state index is 0.166. The Labute approximate surface area is 151 Å². The SMILES string of the molecule is Cc1cnc(-c2ccccc2)n1C1CCN(C(=O)c2cccs2)CC1. The molecule has 0 N–H and O–H groups in total. The van der Waals surface area contributed by atoms with Gasteiger partial charge in [-0.15, -0.1) is 11.3 Å². The van der Waals surface area contributed by atoms with Gasteiger partial charge in [-0.3, -0.25) is 4.79 Å². The maximum Gasteiger partial charge on any atom is 0.263 e. The lowest BCUT2D eigenvalue weighted by atomic mass is 10.0. The average molecular weight is 351 g/mol. The lowest BCUT2D eigenvalue weighted by Crippen LogP contribution is -2.39. The quantitative estimate of drug-likeness (QED) is 0.701. The average Bonchev–Trinajstić information content (AvgIpc) is 3.32. The molecule has 0 spiro atoms. The fraction of sp³-hybridized carbons (Fsp3) is 0.300. The maximum absolute atomic E-state index is 12.5. The highest BCUT2D eigenvalue weighted by Crippen LogP contribution is 2.30. The van der Waals surface area contributed by atoms with Crippen LogP contribution < -0.4 is 0 Å². The van der Waals surface area contributed by atoms with Crippen molar-refractivity contribution in [2.24, 2.45) is 0 Å². The van der Waals surface area contributed by atoms with Crippen LogP contribution in [-0.2, 0) is 0 Å². The molecule has 0 atom stereocenters. The fourth-order valence-corrected chi connectivity index (χ4v) is 4.28. The van der Waals surface area contributed by atoms with Gasteiger partial charge in [0.25, 0.3) is 5.91 Å². The van der Waals surface area contributed by atoms with Gasteiger partial charge in [0.05, 0.1) is 4.88 Å². The van der Waals surface area contributed by atoms with Crippen molar-refractivity contribution >= 4 is 17.2 Å². The number of carbonyl (C=O) groups is 1. The van der Waals surface area contributed by atoms with Crippen LogP contribution in [0.5, 0.6) is 0 Å². The van der Waals surface area contributed by atoms with E-state index >= 15 is 0 Å². The first-order chi connectivity index (χ1) is 12.2. The molecule has 5 heteroatoms. The molecule has 1 aromatic carbocycles. The highest BCUT2D eigenvalue weighted by Gasteiger charge is 2.27. The van der Waals surface area contributed by atoms with Crippen molar-refractivity contribution in [3.63, 3.8) is 0 Å². The third-order valence-corrected chi connectivity index (χ3v) is 5.72. The van der Waals surface area contributed by atoms with E-state index in [9.17, 15) is 4.79 Å². The number of benzene rings is 1. The molecule has 0 unspecified atom stereocenters.